The minimum atomic E-state index is -0.805. The molecule has 1 aromatic carbocycles. The number of carbonyl (C=O) groups excluding carboxylic acids is 1. The number of amides is 1. The predicted molar refractivity (Wildman–Crippen MR) is 84.2 cm³/mol. The van der Waals surface area contributed by atoms with Gasteiger partial charge in [-0.1, -0.05) is 26.0 Å². The van der Waals surface area contributed by atoms with E-state index in [1.807, 2.05) is 38.1 Å². The van der Waals surface area contributed by atoms with Gasteiger partial charge in [-0.25, -0.2) is 4.79 Å². The Morgan fingerprint density at radius 2 is 2.10 bits per heavy atom. The van der Waals surface area contributed by atoms with Gasteiger partial charge in [0.25, 0.3) is 0 Å². The summed E-state index contributed by atoms with van der Waals surface area (Å²) >= 11 is 2.22. The van der Waals surface area contributed by atoms with Gasteiger partial charge in [-0.2, -0.15) is 0 Å². The molecule has 2 atom stereocenters. The monoisotopic (exact) mass is 393 g/mol. The molecule has 0 heterocycles. The number of benzene rings is 1. The topological polar surface area (TPSA) is 70.8 Å². The Labute approximate surface area is 132 Å². The first-order valence-electron chi connectivity index (χ1n) is 6.27. The van der Waals surface area contributed by atoms with Crippen LogP contribution in [0.15, 0.2) is 24.3 Å². The van der Waals surface area contributed by atoms with Crippen molar-refractivity contribution in [2.45, 2.75) is 26.1 Å². The molecule has 1 amide bonds. The Morgan fingerprint density at radius 1 is 1.40 bits per heavy atom. The van der Waals surface area contributed by atoms with E-state index in [1.165, 1.54) is 0 Å². The zero-order chi connectivity index (χ0) is 15.1. The molecule has 0 saturated heterocycles. The van der Waals surface area contributed by atoms with Crippen molar-refractivity contribution in [3.63, 3.8) is 0 Å². The molecule has 0 fully saturated rings. The van der Waals surface area contributed by atoms with Crippen LogP contribution in [0.1, 0.15) is 25.5 Å². The average Bonchev–Trinajstić information content (AvgIpc) is 2.37. The van der Waals surface area contributed by atoms with E-state index in [9.17, 15) is 4.79 Å². The van der Waals surface area contributed by atoms with Crippen molar-refractivity contribution in [2.24, 2.45) is 11.7 Å². The number of ether oxygens (including phenoxy) is 3. The summed E-state index contributed by atoms with van der Waals surface area (Å²) in [6, 6.07) is 7.83. The van der Waals surface area contributed by atoms with Gasteiger partial charge < -0.3 is 19.9 Å². The van der Waals surface area contributed by atoms with Gasteiger partial charge in [0.05, 0.1) is 0 Å². The third-order valence-electron chi connectivity index (χ3n) is 2.75. The van der Waals surface area contributed by atoms with Gasteiger partial charge in [-0.05, 0) is 46.2 Å². The fourth-order valence-corrected chi connectivity index (χ4v) is 2.45. The summed E-state index contributed by atoms with van der Waals surface area (Å²) in [5, 5.41) is 0. The molecule has 1 aromatic rings. The second-order valence-electron chi connectivity index (χ2n) is 4.69. The fraction of sp³-hybridized carbons (Fsp3) is 0.500. The molecule has 1 rings (SSSR count). The zero-order valence-corrected chi connectivity index (χ0v) is 14.0. The van der Waals surface area contributed by atoms with Crippen molar-refractivity contribution in [1.82, 2.24) is 0 Å². The Hall–Kier alpha value is -0.860. The summed E-state index contributed by atoms with van der Waals surface area (Å²) in [5.74, 6) is 0.0576. The lowest BCUT2D eigenvalue weighted by atomic mass is 9.96. The number of rotatable bonds is 7. The van der Waals surface area contributed by atoms with Gasteiger partial charge in [0.2, 0.25) is 0 Å². The summed E-state index contributed by atoms with van der Waals surface area (Å²) in [6.07, 6.45) is -1.70. The van der Waals surface area contributed by atoms with Crippen molar-refractivity contribution in [3.8, 4) is 0 Å². The molecule has 0 aliphatic rings. The highest BCUT2D eigenvalue weighted by Crippen LogP contribution is 2.29. The van der Waals surface area contributed by atoms with Gasteiger partial charge in [-0.3, -0.25) is 0 Å². The minimum Gasteiger partial charge on any atom is -0.443 e. The highest BCUT2D eigenvalue weighted by Gasteiger charge is 2.30. The highest BCUT2D eigenvalue weighted by molar-refractivity contribution is 14.1. The molecular formula is C14H20INO4. The van der Waals surface area contributed by atoms with Crippen molar-refractivity contribution in [2.75, 3.05) is 13.9 Å². The van der Waals surface area contributed by atoms with Crippen molar-refractivity contribution < 1.29 is 19.0 Å². The van der Waals surface area contributed by atoms with Crippen LogP contribution in [0, 0.1) is 9.49 Å². The van der Waals surface area contributed by atoms with Gasteiger partial charge in [0, 0.05) is 10.7 Å². The molecule has 20 heavy (non-hydrogen) atoms. The summed E-state index contributed by atoms with van der Waals surface area (Å²) < 4.78 is 17.0. The molecule has 0 saturated carbocycles. The van der Waals surface area contributed by atoms with Crippen molar-refractivity contribution in [3.05, 3.63) is 33.4 Å². The number of hydrogen-bond acceptors (Lipinski definition) is 4. The fourth-order valence-electron chi connectivity index (χ4n) is 1.89. The Kier molecular flexibility index (Phi) is 7.25. The van der Waals surface area contributed by atoms with Gasteiger partial charge in [0.1, 0.15) is 19.0 Å². The summed E-state index contributed by atoms with van der Waals surface area (Å²) in [5.41, 5.74) is 6.08. The molecule has 0 aliphatic carbocycles. The van der Waals surface area contributed by atoms with E-state index in [4.69, 9.17) is 19.9 Å². The van der Waals surface area contributed by atoms with Crippen LogP contribution in [0.2, 0.25) is 0 Å². The number of nitrogens with two attached hydrogens (primary N) is 1. The lowest BCUT2D eigenvalue weighted by molar-refractivity contribution is -0.124. The standard InChI is InChI=1S/C14H20INO4/c1-9(2)12(20-14(16)17)13(19-8-18-3)10-5-4-6-11(15)7-10/h4-7,9,12-13H,8H2,1-3H3,(H2,16,17)/t12-,13-/m1/s1. The highest BCUT2D eigenvalue weighted by atomic mass is 127. The lowest BCUT2D eigenvalue weighted by Gasteiger charge is -2.29. The van der Waals surface area contributed by atoms with E-state index in [0.29, 0.717) is 0 Å². The molecule has 0 unspecified atom stereocenters. The SMILES string of the molecule is COCO[C@H](c1cccc(I)c1)[C@H](OC(N)=O)C(C)C. The molecule has 5 nitrogen and oxygen atoms in total. The molecule has 6 heteroatoms. The van der Waals surface area contributed by atoms with E-state index in [-0.39, 0.29) is 12.7 Å². The van der Waals surface area contributed by atoms with Gasteiger partial charge in [-0.15, -0.1) is 0 Å². The Balaban J connectivity index is 3.04. The Morgan fingerprint density at radius 3 is 2.60 bits per heavy atom. The van der Waals surface area contributed by atoms with Crippen LogP contribution in [0.5, 0.6) is 0 Å². The first-order valence-corrected chi connectivity index (χ1v) is 7.35. The molecule has 0 radical (unpaired) electrons. The van der Waals surface area contributed by atoms with E-state index in [0.717, 1.165) is 9.13 Å². The molecule has 112 valence electrons. The zero-order valence-electron chi connectivity index (χ0n) is 11.8. The largest absolute Gasteiger partial charge is 0.443 e. The van der Waals surface area contributed by atoms with E-state index in [1.54, 1.807) is 7.11 Å². The minimum absolute atomic E-state index is 0.0576. The van der Waals surface area contributed by atoms with Gasteiger partial charge in [0.15, 0.2) is 0 Å². The van der Waals surface area contributed by atoms with Crippen LogP contribution in [0.3, 0.4) is 0 Å². The Bertz CT molecular complexity index is 439. The third kappa shape index (κ3) is 5.26. The third-order valence-corrected chi connectivity index (χ3v) is 3.42. The van der Waals surface area contributed by atoms with Crippen molar-refractivity contribution in [1.29, 1.82) is 0 Å². The first kappa shape index (κ1) is 17.2. The molecule has 0 spiro atoms. The molecule has 0 aromatic heterocycles. The van der Waals surface area contributed by atoms with E-state index < -0.39 is 18.3 Å². The maximum absolute atomic E-state index is 11.1. The number of carbonyl (C=O) groups is 1. The second kappa shape index (κ2) is 8.43. The van der Waals surface area contributed by atoms with Crippen LogP contribution in [-0.2, 0) is 14.2 Å². The average molecular weight is 393 g/mol. The summed E-state index contributed by atoms with van der Waals surface area (Å²) in [4.78, 5) is 11.1. The van der Waals surface area contributed by atoms with Crippen LogP contribution in [-0.4, -0.2) is 26.1 Å². The number of halogens is 1. The number of methoxy groups -OCH3 is 1. The molecule has 0 bridgehead atoms. The second-order valence-corrected chi connectivity index (χ2v) is 5.94. The number of primary amides is 1. The lowest BCUT2D eigenvalue weighted by Crippen LogP contribution is -2.34. The molecular weight excluding hydrogens is 373 g/mol. The normalized spacial score (nSPS) is 14.1. The smallest absolute Gasteiger partial charge is 0.404 e. The maximum Gasteiger partial charge on any atom is 0.404 e. The molecule has 2 N–H and O–H groups in total. The summed E-state index contributed by atoms with van der Waals surface area (Å²) in [7, 11) is 1.55. The van der Waals surface area contributed by atoms with Crippen LogP contribution < -0.4 is 5.73 Å². The first-order chi connectivity index (χ1) is 9.45. The quantitative estimate of drug-likeness (QED) is 0.571. The van der Waals surface area contributed by atoms with Crippen LogP contribution in [0.25, 0.3) is 0 Å². The van der Waals surface area contributed by atoms with E-state index >= 15 is 0 Å². The number of hydrogen-bond donors (Lipinski definition) is 1. The maximum atomic E-state index is 11.1. The van der Waals surface area contributed by atoms with Crippen molar-refractivity contribution >= 4 is 28.7 Å². The van der Waals surface area contributed by atoms with E-state index in [2.05, 4.69) is 22.6 Å². The molecule has 0 aliphatic heterocycles. The van der Waals surface area contributed by atoms with Gasteiger partial charge >= 0.3 is 6.09 Å². The van der Waals surface area contributed by atoms with Crippen LogP contribution in [0.4, 0.5) is 4.79 Å². The summed E-state index contributed by atoms with van der Waals surface area (Å²) in [6.45, 7) is 4.01. The predicted octanol–water partition coefficient (Wildman–Crippen LogP) is 3.07. The van der Waals surface area contributed by atoms with Crippen LogP contribution >= 0.6 is 22.6 Å².